The van der Waals surface area contributed by atoms with Gasteiger partial charge in [-0.05, 0) is 37.7 Å². The van der Waals surface area contributed by atoms with E-state index >= 15 is 0 Å². The Morgan fingerprint density at radius 2 is 2.17 bits per heavy atom. The Morgan fingerprint density at radius 1 is 1.38 bits per heavy atom. The normalized spacial score (nSPS) is 21.7. The van der Waals surface area contributed by atoms with Gasteiger partial charge in [-0.25, -0.2) is 4.98 Å². The van der Waals surface area contributed by atoms with Crippen LogP contribution >= 0.6 is 0 Å². The van der Waals surface area contributed by atoms with Crippen LogP contribution in [-0.4, -0.2) is 40.1 Å². The molecule has 1 amide bonds. The molecule has 1 atom stereocenters. The molecule has 0 radical (unpaired) electrons. The van der Waals surface area contributed by atoms with Crippen LogP contribution in [0.2, 0.25) is 0 Å². The summed E-state index contributed by atoms with van der Waals surface area (Å²) in [6, 6.07) is 2.03. The Labute approximate surface area is 141 Å². The summed E-state index contributed by atoms with van der Waals surface area (Å²) in [6.07, 6.45) is 4.20. The maximum absolute atomic E-state index is 13.2. The van der Waals surface area contributed by atoms with Crippen LogP contribution in [0.3, 0.4) is 0 Å². The van der Waals surface area contributed by atoms with Crippen molar-refractivity contribution in [3.05, 3.63) is 23.0 Å². The Hall–Kier alpha value is -1.95. The number of pyridine rings is 1. The van der Waals surface area contributed by atoms with Gasteiger partial charge in [0, 0.05) is 30.7 Å². The van der Waals surface area contributed by atoms with E-state index in [9.17, 15) is 4.79 Å². The quantitative estimate of drug-likeness (QED) is 0.936. The van der Waals surface area contributed by atoms with E-state index in [1.165, 1.54) is 0 Å². The molecule has 128 valence electrons. The summed E-state index contributed by atoms with van der Waals surface area (Å²) in [5.74, 6) is 0.664. The van der Waals surface area contributed by atoms with Gasteiger partial charge in [0.2, 0.25) is 0 Å². The zero-order chi connectivity index (χ0) is 16.8. The number of piperidine rings is 1. The molecule has 0 aromatic carbocycles. The summed E-state index contributed by atoms with van der Waals surface area (Å²) in [5.41, 5.74) is 9.00. The molecule has 0 bridgehead atoms. The lowest BCUT2D eigenvalue weighted by atomic mass is 9.99. The number of nitrogens with zero attached hydrogens (tertiary/aromatic N) is 3. The minimum absolute atomic E-state index is 0.0320. The van der Waals surface area contributed by atoms with E-state index in [-0.39, 0.29) is 17.9 Å². The first-order chi connectivity index (χ1) is 11.5. The summed E-state index contributed by atoms with van der Waals surface area (Å²) in [7, 11) is 0. The van der Waals surface area contributed by atoms with E-state index in [4.69, 9.17) is 10.3 Å². The third kappa shape index (κ3) is 2.69. The lowest BCUT2D eigenvalue weighted by Crippen LogP contribution is -2.45. The minimum atomic E-state index is 0.0320. The van der Waals surface area contributed by atoms with E-state index < -0.39 is 0 Å². The predicted octanol–water partition coefficient (Wildman–Crippen LogP) is 2.79. The molecule has 0 spiro atoms. The van der Waals surface area contributed by atoms with Crippen LogP contribution < -0.4 is 5.73 Å². The first-order valence-corrected chi connectivity index (χ1v) is 8.89. The van der Waals surface area contributed by atoms with Crippen molar-refractivity contribution in [2.75, 3.05) is 13.1 Å². The third-order valence-electron chi connectivity index (χ3n) is 5.01. The molecule has 2 aliphatic rings. The number of rotatable bonds is 3. The molecule has 2 aromatic rings. The van der Waals surface area contributed by atoms with Crippen molar-refractivity contribution >= 4 is 17.0 Å². The smallest absolute Gasteiger partial charge is 0.259 e. The number of carbonyl (C=O) groups excluding carboxylic acids is 1. The van der Waals surface area contributed by atoms with Gasteiger partial charge in [-0.1, -0.05) is 19.0 Å². The summed E-state index contributed by atoms with van der Waals surface area (Å²) in [6.45, 7) is 5.48. The fourth-order valence-electron chi connectivity index (χ4n) is 3.51. The van der Waals surface area contributed by atoms with Crippen molar-refractivity contribution in [3.8, 4) is 0 Å². The average Bonchev–Trinajstić information content (AvgIpc) is 3.32. The standard InChI is InChI=1S/C18H24N4O2/c1-10(2)16-15-13(18(23)22-7-3-4-12(19)9-22)8-14(11-5-6-11)20-17(15)24-21-16/h8,10-12H,3-7,9,19H2,1-2H3. The summed E-state index contributed by atoms with van der Waals surface area (Å²) < 4.78 is 5.47. The molecule has 1 unspecified atom stereocenters. The second-order valence-electron chi connectivity index (χ2n) is 7.43. The highest BCUT2D eigenvalue weighted by Crippen LogP contribution is 2.41. The van der Waals surface area contributed by atoms with Crippen molar-refractivity contribution in [3.63, 3.8) is 0 Å². The monoisotopic (exact) mass is 328 g/mol. The number of aromatic nitrogens is 2. The van der Waals surface area contributed by atoms with Crippen LogP contribution in [-0.2, 0) is 0 Å². The van der Waals surface area contributed by atoms with E-state index in [2.05, 4.69) is 24.0 Å². The van der Waals surface area contributed by atoms with Gasteiger partial charge < -0.3 is 15.2 Å². The van der Waals surface area contributed by atoms with Gasteiger partial charge in [0.25, 0.3) is 11.6 Å². The van der Waals surface area contributed by atoms with Gasteiger partial charge in [0.15, 0.2) is 0 Å². The van der Waals surface area contributed by atoms with E-state index in [1.807, 2.05) is 11.0 Å². The minimum Gasteiger partial charge on any atom is -0.337 e. The Morgan fingerprint density at radius 3 is 2.83 bits per heavy atom. The molecule has 6 heteroatoms. The maximum atomic E-state index is 13.2. The van der Waals surface area contributed by atoms with Gasteiger partial charge in [-0.2, -0.15) is 0 Å². The lowest BCUT2D eigenvalue weighted by molar-refractivity contribution is 0.0710. The molecular weight excluding hydrogens is 304 g/mol. The van der Waals surface area contributed by atoms with Crippen LogP contribution in [0.15, 0.2) is 10.6 Å². The molecule has 1 saturated carbocycles. The number of amides is 1. The van der Waals surface area contributed by atoms with Gasteiger partial charge >= 0.3 is 0 Å². The second-order valence-corrected chi connectivity index (χ2v) is 7.43. The maximum Gasteiger partial charge on any atom is 0.259 e. The molecule has 2 aromatic heterocycles. The number of likely N-dealkylation sites (tertiary alicyclic amines) is 1. The number of fused-ring (bicyclic) bond motifs is 1. The zero-order valence-electron chi connectivity index (χ0n) is 14.3. The molecule has 2 N–H and O–H groups in total. The summed E-state index contributed by atoms with van der Waals surface area (Å²) in [4.78, 5) is 19.7. The third-order valence-corrected chi connectivity index (χ3v) is 5.01. The van der Waals surface area contributed by atoms with Crippen molar-refractivity contribution in [1.82, 2.24) is 15.0 Å². The van der Waals surface area contributed by atoms with Crippen molar-refractivity contribution in [2.24, 2.45) is 5.73 Å². The van der Waals surface area contributed by atoms with E-state index in [0.717, 1.165) is 49.0 Å². The molecule has 1 aliphatic heterocycles. The lowest BCUT2D eigenvalue weighted by Gasteiger charge is -2.31. The van der Waals surface area contributed by atoms with Crippen LogP contribution in [0, 0.1) is 0 Å². The van der Waals surface area contributed by atoms with E-state index in [0.29, 0.717) is 23.7 Å². The first kappa shape index (κ1) is 15.6. The second kappa shape index (κ2) is 5.84. The first-order valence-electron chi connectivity index (χ1n) is 8.89. The van der Waals surface area contributed by atoms with Gasteiger partial charge in [-0.15, -0.1) is 0 Å². The Bertz CT molecular complexity index is 779. The highest BCUT2D eigenvalue weighted by atomic mass is 16.5. The summed E-state index contributed by atoms with van der Waals surface area (Å²) in [5, 5.41) is 4.96. The van der Waals surface area contributed by atoms with Gasteiger partial charge in [-0.3, -0.25) is 4.79 Å². The zero-order valence-corrected chi connectivity index (χ0v) is 14.3. The topological polar surface area (TPSA) is 85.2 Å². The van der Waals surface area contributed by atoms with Gasteiger partial charge in [0.05, 0.1) is 16.6 Å². The van der Waals surface area contributed by atoms with Crippen LogP contribution in [0.25, 0.3) is 11.1 Å². The SMILES string of the molecule is CC(C)c1noc2nc(C3CC3)cc(C(=O)N3CCCC(N)C3)c12. The number of carbonyl (C=O) groups is 1. The number of nitrogens with two attached hydrogens (primary N) is 1. The van der Waals surface area contributed by atoms with Crippen molar-refractivity contribution in [1.29, 1.82) is 0 Å². The fraction of sp³-hybridized carbons (Fsp3) is 0.611. The molecule has 1 saturated heterocycles. The van der Waals surface area contributed by atoms with Crippen molar-refractivity contribution < 1.29 is 9.32 Å². The van der Waals surface area contributed by atoms with Crippen LogP contribution in [0.1, 0.15) is 73.1 Å². The predicted molar refractivity (Wildman–Crippen MR) is 91.0 cm³/mol. The molecule has 24 heavy (non-hydrogen) atoms. The van der Waals surface area contributed by atoms with Gasteiger partial charge in [0.1, 0.15) is 0 Å². The fourth-order valence-corrected chi connectivity index (χ4v) is 3.51. The van der Waals surface area contributed by atoms with Crippen LogP contribution in [0.4, 0.5) is 0 Å². The number of hydrogen-bond acceptors (Lipinski definition) is 5. The molecule has 6 nitrogen and oxygen atoms in total. The molecule has 3 heterocycles. The van der Waals surface area contributed by atoms with Crippen LogP contribution in [0.5, 0.6) is 0 Å². The number of hydrogen-bond donors (Lipinski definition) is 1. The average molecular weight is 328 g/mol. The molecule has 1 aliphatic carbocycles. The molecular formula is C18H24N4O2. The van der Waals surface area contributed by atoms with E-state index in [1.54, 1.807) is 0 Å². The summed E-state index contributed by atoms with van der Waals surface area (Å²) >= 11 is 0. The highest BCUT2D eigenvalue weighted by Gasteiger charge is 2.31. The molecule has 4 rings (SSSR count). The molecule has 2 fully saturated rings. The highest BCUT2D eigenvalue weighted by molar-refractivity contribution is 6.06. The Kier molecular flexibility index (Phi) is 3.79. The Balaban J connectivity index is 1.81. The van der Waals surface area contributed by atoms with Crippen molar-refractivity contribution in [2.45, 2.75) is 57.4 Å². The largest absolute Gasteiger partial charge is 0.337 e.